The number of para-hydroxylation sites is 1. The maximum atomic E-state index is 12.3. The van der Waals surface area contributed by atoms with Crippen LogP contribution in [0.25, 0.3) is 0 Å². The van der Waals surface area contributed by atoms with Crippen LogP contribution < -0.4 is 5.32 Å². The molecule has 1 N–H and O–H groups in total. The Labute approximate surface area is 137 Å². The molecule has 0 spiro atoms. The van der Waals surface area contributed by atoms with Crippen LogP contribution in [0.5, 0.6) is 0 Å². The van der Waals surface area contributed by atoms with Gasteiger partial charge in [0.1, 0.15) is 0 Å². The topological polar surface area (TPSA) is 55.4 Å². The molecule has 0 aliphatic rings. The van der Waals surface area contributed by atoms with Gasteiger partial charge in [0.2, 0.25) is 14.2 Å². The molecular formula is C18H21NO3Si. The summed E-state index contributed by atoms with van der Waals surface area (Å²) < 4.78 is 5.51. The van der Waals surface area contributed by atoms with E-state index >= 15 is 0 Å². The molecule has 4 nitrogen and oxygen atoms in total. The molecule has 120 valence electrons. The molecule has 0 saturated carbocycles. The van der Waals surface area contributed by atoms with Crippen molar-refractivity contribution in [2.45, 2.75) is 26.1 Å². The minimum Gasteiger partial charge on any atom is -0.516 e. The SMILES string of the molecule is C[Si](C)(C)OC(=O)c1ccccc1NC(=O)Cc1ccccc1. The van der Waals surface area contributed by atoms with Gasteiger partial charge >= 0.3 is 5.97 Å². The molecule has 2 rings (SSSR count). The summed E-state index contributed by atoms with van der Waals surface area (Å²) in [6, 6.07) is 16.4. The van der Waals surface area contributed by atoms with Gasteiger partial charge in [-0.2, -0.15) is 0 Å². The highest BCUT2D eigenvalue weighted by Gasteiger charge is 2.23. The van der Waals surface area contributed by atoms with E-state index in [4.69, 9.17) is 4.43 Å². The zero-order valence-electron chi connectivity index (χ0n) is 13.6. The molecule has 1 amide bonds. The lowest BCUT2D eigenvalue weighted by atomic mass is 10.1. The molecule has 0 aliphatic carbocycles. The van der Waals surface area contributed by atoms with Gasteiger partial charge in [0.05, 0.1) is 17.7 Å². The molecule has 0 aliphatic heterocycles. The summed E-state index contributed by atoms with van der Waals surface area (Å²) in [5.74, 6) is -0.552. The van der Waals surface area contributed by atoms with Crippen molar-refractivity contribution in [3.8, 4) is 0 Å². The summed E-state index contributed by atoms with van der Waals surface area (Å²) in [5.41, 5.74) is 1.79. The van der Waals surface area contributed by atoms with Crippen LogP contribution in [0.15, 0.2) is 54.6 Å². The summed E-state index contributed by atoms with van der Waals surface area (Å²) in [6.45, 7) is 5.84. The molecule has 0 unspecified atom stereocenters. The van der Waals surface area contributed by atoms with Gasteiger partial charge in [-0.25, -0.2) is 4.79 Å². The van der Waals surface area contributed by atoms with E-state index in [0.717, 1.165) is 5.56 Å². The summed E-state index contributed by atoms with van der Waals surface area (Å²) >= 11 is 0. The minimum absolute atomic E-state index is 0.163. The van der Waals surface area contributed by atoms with Gasteiger partial charge in [0, 0.05) is 0 Å². The molecule has 0 atom stereocenters. The molecule has 5 heteroatoms. The molecule has 0 heterocycles. The van der Waals surface area contributed by atoms with Crippen molar-refractivity contribution in [2.75, 3.05) is 5.32 Å². The summed E-state index contributed by atoms with van der Waals surface area (Å²) in [6.07, 6.45) is 0.262. The van der Waals surface area contributed by atoms with Gasteiger partial charge in [-0.3, -0.25) is 4.79 Å². The number of carbonyl (C=O) groups is 2. The first-order valence-electron chi connectivity index (χ1n) is 7.51. The van der Waals surface area contributed by atoms with Crippen LogP contribution in [0.4, 0.5) is 5.69 Å². The van der Waals surface area contributed by atoms with Crippen LogP contribution in [-0.4, -0.2) is 20.2 Å². The second kappa shape index (κ2) is 7.24. The van der Waals surface area contributed by atoms with Crippen molar-refractivity contribution in [2.24, 2.45) is 0 Å². The van der Waals surface area contributed by atoms with Crippen molar-refractivity contribution in [1.29, 1.82) is 0 Å². The van der Waals surface area contributed by atoms with Crippen molar-refractivity contribution in [3.63, 3.8) is 0 Å². The lowest BCUT2D eigenvalue weighted by Crippen LogP contribution is -2.29. The van der Waals surface area contributed by atoms with Crippen molar-refractivity contribution >= 4 is 25.9 Å². The third kappa shape index (κ3) is 5.38. The number of nitrogens with one attached hydrogen (secondary N) is 1. The third-order valence-corrected chi connectivity index (χ3v) is 3.83. The fourth-order valence-electron chi connectivity index (χ4n) is 2.08. The highest BCUT2D eigenvalue weighted by Crippen LogP contribution is 2.19. The highest BCUT2D eigenvalue weighted by molar-refractivity contribution is 6.71. The van der Waals surface area contributed by atoms with Gasteiger partial charge in [-0.05, 0) is 37.3 Å². The van der Waals surface area contributed by atoms with E-state index in [-0.39, 0.29) is 18.3 Å². The van der Waals surface area contributed by atoms with Crippen molar-refractivity contribution < 1.29 is 14.0 Å². The Morgan fingerprint density at radius 2 is 1.57 bits per heavy atom. The van der Waals surface area contributed by atoms with E-state index in [1.807, 2.05) is 50.0 Å². The molecule has 0 fully saturated rings. The zero-order chi connectivity index (χ0) is 16.9. The Morgan fingerprint density at radius 1 is 0.957 bits per heavy atom. The Bertz CT molecular complexity index is 693. The van der Waals surface area contributed by atoms with Crippen LogP contribution in [0.2, 0.25) is 19.6 Å². The summed E-state index contributed by atoms with van der Waals surface area (Å²) in [7, 11) is -1.99. The highest BCUT2D eigenvalue weighted by atomic mass is 28.4. The van der Waals surface area contributed by atoms with E-state index in [2.05, 4.69) is 5.32 Å². The summed E-state index contributed by atoms with van der Waals surface area (Å²) in [5, 5.41) is 2.80. The van der Waals surface area contributed by atoms with Crippen LogP contribution in [0.1, 0.15) is 15.9 Å². The van der Waals surface area contributed by atoms with Crippen LogP contribution in [-0.2, 0) is 15.6 Å². The zero-order valence-corrected chi connectivity index (χ0v) is 14.6. The number of hydrogen-bond donors (Lipinski definition) is 1. The first-order chi connectivity index (χ1) is 10.8. The third-order valence-electron chi connectivity index (χ3n) is 3.03. The second-order valence-corrected chi connectivity index (χ2v) is 10.7. The number of hydrogen-bond acceptors (Lipinski definition) is 3. The lowest BCUT2D eigenvalue weighted by molar-refractivity contribution is -0.115. The quantitative estimate of drug-likeness (QED) is 0.848. The van der Waals surface area contributed by atoms with Crippen molar-refractivity contribution in [3.05, 3.63) is 65.7 Å². The average Bonchev–Trinajstić information content (AvgIpc) is 2.47. The predicted octanol–water partition coefficient (Wildman–Crippen LogP) is 3.86. The Morgan fingerprint density at radius 3 is 2.22 bits per heavy atom. The van der Waals surface area contributed by atoms with E-state index in [1.54, 1.807) is 24.3 Å². The predicted molar refractivity (Wildman–Crippen MR) is 94.0 cm³/mol. The van der Waals surface area contributed by atoms with E-state index in [1.165, 1.54) is 0 Å². The molecule has 0 radical (unpaired) electrons. The number of carbonyl (C=O) groups excluding carboxylic acids is 2. The normalized spacial score (nSPS) is 10.9. The lowest BCUT2D eigenvalue weighted by Gasteiger charge is -2.18. The fraction of sp³-hybridized carbons (Fsp3) is 0.222. The number of benzene rings is 2. The molecule has 0 bridgehead atoms. The minimum atomic E-state index is -1.99. The monoisotopic (exact) mass is 327 g/mol. The van der Waals surface area contributed by atoms with E-state index in [0.29, 0.717) is 11.3 Å². The smallest absolute Gasteiger partial charge is 0.326 e. The van der Waals surface area contributed by atoms with Crippen LogP contribution >= 0.6 is 0 Å². The van der Waals surface area contributed by atoms with Gasteiger partial charge in [-0.15, -0.1) is 0 Å². The first-order valence-corrected chi connectivity index (χ1v) is 10.9. The largest absolute Gasteiger partial charge is 0.516 e. The van der Waals surface area contributed by atoms with Gasteiger partial charge in [0.15, 0.2) is 0 Å². The summed E-state index contributed by atoms with van der Waals surface area (Å²) in [4.78, 5) is 24.5. The Balaban J connectivity index is 2.11. The molecule has 2 aromatic carbocycles. The van der Waals surface area contributed by atoms with Crippen molar-refractivity contribution in [1.82, 2.24) is 0 Å². The number of anilines is 1. The molecule has 0 saturated heterocycles. The Kier molecular flexibility index (Phi) is 5.34. The average molecular weight is 327 g/mol. The fourth-order valence-corrected chi connectivity index (χ4v) is 2.74. The van der Waals surface area contributed by atoms with Gasteiger partial charge < -0.3 is 9.74 Å². The number of rotatable bonds is 5. The van der Waals surface area contributed by atoms with Crippen LogP contribution in [0, 0.1) is 0 Å². The molecular weight excluding hydrogens is 306 g/mol. The molecule has 23 heavy (non-hydrogen) atoms. The van der Waals surface area contributed by atoms with Crippen LogP contribution in [0.3, 0.4) is 0 Å². The molecule has 2 aromatic rings. The Hall–Kier alpha value is -2.40. The van der Waals surface area contributed by atoms with E-state index in [9.17, 15) is 9.59 Å². The maximum Gasteiger partial charge on any atom is 0.326 e. The maximum absolute atomic E-state index is 12.3. The van der Waals surface area contributed by atoms with Gasteiger partial charge in [-0.1, -0.05) is 42.5 Å². The standard InChI is InChI=1S/C18H21NO3Si/c1-23(2,3)22-18(21)15-11-7-8-12-16(15)19-17(20)13-14-9-5-4-6-10-14/h4-12H,13H2,1-3H3,(H,19,20). The van der Waals surface area contributed by atoms with E-state index < -0.39 is 8.32 Å². The second-order valence-electron chi connectivity index (χ2n) is 6.26. The van der Waals surface area contributed by atoms with Gasteiger partial charge in [0.25, 0.3) is 0 Å². The molecule has 0 aromatic heterocycles. The number of amides is 1. The first kappa shape index (κ1) is 17.0.